The van der Waals surface area contributed by atoms with Gasteiger partial charge in [0, 0.05) is 38.4 Å². The Morgan fingerprint density at radius 2 is 2.23 bits per heavy atom. The van der Waals surface area contributed by atoms with Gasteiger partial charge in [0.2, 0.25) is 5.91 Å². The van der Waals surface area contributed by atoms with Gasteiger partial charge in [0.25, 0.3) is 5.91 Å². The maximum Gasteiger partial charge on any atom is 0.255 e. The van der Waals surface area contributed by atoms with Crippen LogP contribution in [0.1, 0.15) is 35.3 Å². The van der Waals surface area contributed by atoms with Crippen LogP contribution < -0.4 is 5.32 Å². The quantitative estimate of drug-likeness (QED) is 0.911. The van der Waals surface area contributed by atoms with Gasteiger partial charge in [-0.25, -0.2) is 4.98 Å². The fraction of sp³-hybridized carbons (Fsp3) is 0.438. The lowest BCUT2D eigenvalue weighted by Crippen LogP contribution is -2.35. The van der Waals surface area contributed by atoms with Crippen LogP contribution >= 0.6 is 0 Å². The Labute approximate surface area is 129 Å². The minimum Gasteiger partial charge on any atom is -0.349 e. The molecule has 1 aliphatic rings. The van der Waals surface area contributed by atoms with Crippen LogP contribution in [0.4, 0.5) is 0 Å². The molecule has 2 aromatic rings. The average Bonchev–Trinajstić information content (AvgIpc) is 2.81. The summed E-state index contributed by atoms with van der Waals surface area (Å²) in [5.74, 6) is 0.0148. The summed E-state index contributed by atoms with van der Waals surface area (Å²) in [4.78, 5) is 30.4. The van der Waals surface area contributed by atoms with Crippen molar-refractivity contribution in [2.24, 2.45) is 0 Å². The van der Waals surface area contributed by atoms with Gasteiger partial charge in [-0.2, -0.15) is 0 Å². The highest BCUT2D eigenvalue weighted by Crippen LogP contribution is 2.14. The Morgan fingerprint density at radius 3 is 3.05 bits per heavy atom. The van der Waals surface area contributed by atoms with Gasteiger partial charge in [-0.1, -0.05) is 0 Å². The number of fused-ring (bicyclic) bond motifs is 1. The van der Waals surface area contributed by atoms with E-state index in [1.165, 1.54) is 0 Å². The van der Waals surface area contributed by atoms with Gasteiger partial charge in [-0.05, 0) is 31.9 Å². The van der Waals surface area contributed by atoms with E-state index in [0.717, 1.165) is 12.1 Å². The lowest BCUT2D eigenvalue weighted by molar-refractivity contribution is -0.129. The van der Waals surface area contributed by atoms with Crippen LogP contribution in [0.3, 0.4) is 0 Å². The van der Waals surface area contributed by atoms with E-state index in [0.29, 0.717) is 30.6 Å². The molecule has 116 valence electrons. The number of carbonyl (C=O) groups excluding carboxylic acids is 2. The number of likely N-dealkylation sites (tertiary alicyclic amines) is 1. The number of nitrogens with one attached hydrogen (secondary N) is 1. The van der Waals surface area contributed by atoms with Crippen LogP contribution in [0.5, 0.6) is 0 Å². The van der Waals surface area contributed by atoms with Crippen LogP contribution in [-0.2, 0) is 4.79 Å². The molecule has 1 aliphatic heterocycles. The highest BCUT2D eigenvalue weighted by Gasteiger charge is 2.22. The summed E-state index contributed by atoms with van der Waals surface area (Å²) in [6.45, 7) is 2.58. The number of hydrogen-bond donors (Lipinski definition) is 1. The zero-order valence-electron chi connectivity index (χ0n) is 12.9. The second kappa shape index (κ2) is 5.79. The van der Waals surface area contributed by atoms with Crippen molar-refractivity contribution < 1.29 is 9.59 Å². The molecule has 0 bridgehead atoms. The molecule has 1 saturated heterocycles. The van der Waals surface area contributed by atoms with E-state index < -0.39 is 0 Å². The van der Waals surface area contributed by atoms with Gasteiger partial charge < -0.3 is 14.6 Å². The third-order valence-corrected chi connectivity index (χ3v) is 4.13. The number of imidazole rings is 1. The zero-order valence-corrected chi connectivity index (χ0v) is 12.9. The van der Waals surface area contributed by atoms with Gasteiger partial charge in [-0.3, -0.25) is 9.59 Å². The highest BCUT2D eigenvalue weighted by molar-refractivity contribution is 6.00. The molecule has 1 atom stereocenters. The summed E-state index contributed by atoms with van der Waals surface area (Å²) in [7, 11) is 1.81. The molecule has 0 saturated carbocycles. The largest absolute Gasteiger partial charge is 0.349 e. The third kappa shape index (κ3) is 2.81. The fourth-order valence-corrected chi connectivity index (χ4v) is 2.83. The maximum atomic E-state index is 12.5. The predicted octanol–water partition coefficient (Wildman–Crippen LogP) is 1.38. The molecule has 3 heterocycles. The number of rotatable bonds is 2. The lowest BCUT2D eigenvalue weighted by atomic mass is 10.1. The van der Waals surface area contributed by atoms with E-state index in [4.69, 9.17) is 0 Å². The molecule has 22 heavy (non-hydrogen) atoms. The smallest absolute Gasteiger partial charge is 0.255 e. The van der Waals surface area contributed by atoms with E-state index >= 15 is 0 Å². The zero-order chi connectivity index (χ0) is 15.7. The van der Waals surface area contributed by atoms with Crippen molar-refractivity contribution in [3.8, 4) is 0 Å². The van der Waals surface area contributed by atoms with Crippen molar-refractivity contribution in [1.82, 2.24) is 19.6 Å². The highest BCUT2D eigenvalue weighted by atomic mass is 16.2. The molecule has 2 aromatic heterocycles. The summed E-state index contributed by atoms with van der Waals surface area (Å²) in [5.41, 5.74) is 2.11. The first-order chi connectivity index (χ1) is 10.5. The lowest BCUT2D eigenvalue weighted by Gasteiger charge is -2.17. The van der Waals surface area contributed by atoms with Crippen LogP contribution in [0.25, 0.3) is 5.65 Å². The normalized spacial score (nSPS) is 19.3. The number of aryl methyl sites for hydroxylation is 1. The number of pyridine rings is 1. The molecule has 0 aliphatic carbocycles. The van der Waals surface area contributed by atoms with Gasteiger partial charge in [-0.15, -0.1) is 0 Å². The van der Waals surface area contributed by atoms with Crippen LogP contribution in [0.2, 0.25) is 0 Å². The van der Waals surface area contributed by atoms with Crippen molar-refractivity contribution in [1.29, 1.82) is 0 Å². The Balaban J connectivity index is 1.77. The summed E-state index contributed by atoms with van der Waals surface area (Å²) in [5, 5.41) is 3.05. The molecule has 0 aromatic carbocycles. The Morgan fingerprint density at radius 1 is 1.41 bits per heavy atom. The van der Waals surface area contributed by atoms with Crippen molar-refractivity contribution in [3.63, 3.8) is 0 Å². The van der Waals surface area contributed by atoms with E-state index in [1.54, 1.807) is 18.0 Å². The van der Waals surface area contributed by atoms with Crippen molar-refractivity contribution in [3.05, 3.63) is 35.8 Å². The molecule has 1 fully saturated rings. The minimum atomic E-state index is -0.127. The van der Waals surface area contributed by atoms with Crippen molar-refractivity contribution in [2.45, 2.75) is 32.2 Å². The molecule has 1 N–H and O–H groups in total. The molecule has 6 heteroatoms. The Kier molecular flexibility index (Phi) is 3.83. The first-order valence-corrected chi connectivity index (χ1v) is 7.54. The van der Waals surface area contributed by atoms with Crippen LogP contribution in [0.15, 0.2) is 24.5 Å². The predicted molar refractivity (Wildman–Crippen MR) is 82.7 cm³/mol. The average molecular weight is 300 g/mol. The number of nitrogens with zero attached hydrogens (tertiary/aromatic N) is 3. The minimum absolute atomic E-state index is 0.0257. The molecule has 0 spiro atoms. The second-order valence-electron chi connectivity index (χ2n) is 5.85. The van der Waals surface area contributed by atoms with E-state index in [1.807, 2.05) is 29.8 Å². The molecule has 0 radical (unpaired) electrons. The topological polar surface area (TPSA) is 66.7 Å². The van der Waals surface area contributed by atoms with E-state index in [-0.39, 0.29) is 17.9 Å². The molecule has 3 rings (SSSR count). The Hall–Kier alpha value is -2.37. The SMILES string of the molecule is Cc1cn2cccc(C(=O)NC3CCC(=O)N(C)CC3)c2n1. The van der Waals surface area contributed by atoms with Crippen molar-refractivity contribution >= 4 is 17.5 Å². The molecule has 1 unspecified atom stereocenters. The van der Waals surface area contributed by atoms with Crippen LogP contribution in [0, 0.1) is 6.92 Å². The summed E-state index contributed by atoms with van der Waals surface area (Å²) < 4.78 is 1.86. The molecule has 6 nitrogen and oxygen atoms in total. The van der Waals surface area contributed by atoms with Gasteiger partial charge >= 0.3 is 0 Å². The van der Waals surface area contributed by atoms with E-state index in [9.17, 15) is 9.59 Å². The summed E-state index contributed by atoms with van der Waals surface area (Å²) in [6, 6.07) is 3.65. The van der Waals surface area contributed by atoms with Gasteiger partial charge in [0.05, 0.1) is 11.3 Å². The van der Waals surface area contributed by atoms with Crippen molar-refractivity contribution in [2.75, 3.05) is 13.6 Å². The molecular weight excluding hydrogens is 280 g/mol. The van der Waals surface area contributed by atoms with Gasteiger partial charge in [0.15, 0.2) is 0 Å². The third-order valence-electron chi connectivity index (χ3n) is 4.13. The summed E-state index contributed by atoms with van der Waals surface area (Å²) >= 11 is 0. The number of amides is 2. The second-order valence-corrected chi connectivity index (χ2v) is 5.85. The fourth-order valence-electron chi connectivity index (χ4n) is 2.83. The number of hydrogen-bond acceptors (Lipinski definition) is 3. The standard InChI is InChI=1S/C16H20N4O2/c1-11-10-20-8-3-4-13(15(20)17-11)16(22)18-12-5-6-14(21)19(2)9-7-12/h3-4,8,10,12H,5-7,9H2,1-2H3,(H,18,22). The summed E-state index contributed by atoms with van der Waals surface area (Å²) in [6.07, 6.45) is 5.72. The monoisotopic (exact) mass is 300 g/mol. The van der Waals surface area contributed by atoms with Crippen LogP contribution in [-0.4, -0.2) is 45.7 Å². The first kappa shape index (κ1) is 14.6. The number of carbonyl (C=O) groups is 2. The van der Waals surface area contributed by atoms with Gasteiger partial charge in [0.1, 0.15) is 5.65 Å². The van der Waals surface area contributed by atoms with E-state index in [2.05, 4.69) is 10.3 Å². The maximum absolute atomic E-state index is 12.5. The first-order valence-electron chi connectivity index (χ1n) is 7.54. The number of aromatic nitrogens is 2. The molecular formula is C16H20N4O2. The Bertz CT molecular complexity index is 722. The molecule has 2 amide bonds.